The second-order valence-electron chi connectivity index (χ2n) is 34.9. The lowest BCUT2D eigenvalue weighted by Crippen LogP contribution is -2.19. The van der Waals surface area contributed by atoms with Crippen molar-refractivity contribution in [1.29, 1.82) is 0 Å². The molecule has 6 aliphatic heterocycles. The quantitative estimate of drug-likeness (QED) is 0.115. The topological polar surface area (TPSA) is 271 Å². The van der Waals surface area contributed by atoms with E-state index < -0.39 is 5.97 Å². The highest BCUT2D eigenvalue weighted by atomic mass is 16.5. The second kappa shape index (κ2) is 43.0. The number of hydrogen-bond donors (Lipinski definition) is 0. The number of ether oxygens (including phenoxy) is 6. The van der Waals surface area contributed by atoms with Gasteiger partial charge in [0, 0.05) is 91.1 Å². The van der Waals surface area contributed by atoms with Crippen LogP contribution in [0.4, 0.5) is 115 Å². The Hall–Kier alpha value is -18.3. The molecule has 0 saturated heterocycles. The molecule has 0 bridgehead atoms. The minimum absolute atomic E-state index is 0.365. The van der Waals surface area contributed by atoms with Crippen LogP contribution in [0.1, 0.15) is 100 Å². The number of nitrogens with zero attached hydrogens (tertiary/aromatic N) is 20. The number of methoxy groups -OCH3 is 4. The second-order valence-corrected chi connectivity index (χ2v) is 34.9. The Morgan fingerprint density at radius 3 is 1.15 bits per heavy atom. The van der Waals surface area contributed by atoms with Crippen molar-refractivity contribution in [2.75, 3.05) is 57.8 Å². The number of anilines is 18. The van der Waals surface area contributed by atoms with Crippen LogP contribution in [0.25, 0.3) is 12.2 Å². The van der Waals surface area contributed by atoms with E-state index in [2.05, 4.69) is 182 Å². The number of rotatable bonds is 10. The Morgan fingerprint density at radius 2 is 0.597 bits per heavy atom. The van der Waals surface area contributed by atoms with Crippen molar-refractivity contribution in [3.8, 4) is 34.5 Å². The van der Waals surface area contributed by atoms with Gasteiger partial charge in [-0.25, -0.2) is 64.6 Å². The number of benzene rings is 6. The van der Waals surface area contributed by atoms with Crippen LogP contribution in [0.5, 0.6) is 34.5 Å². The molecule has 18 aromatic rings. The molecule has 0 N–H and O–H groups in total. The molecule has 24 rings (SSSR count). The van der Waals surface area contributed by atoms with Gasteiger partial charge in [0.2, 0.25) is 0 Å². The third-order valence-electron chi connectivity index (χ3n) is 24.7. The summed E-state index contributed by atoms with van der Waals surface area (Å²) < 4.78 is 33.8. The first-order valence-electron chi connectivity index (χ1n) is 47.3. The lowest BCUT2D eigenvalue weighted by molar-refractivity contribution is 0.0737. The maximum absolute atomic E-state index is 12.6. The largest absolute Gasteiger partial charge is 0.495 e. The molecule has 0 unspecified atom stereocenters. The summed E-state index contributed by atoms with van der Waals surface area (Å²) >= 11 is 0. The third kappa shape index (κ3) is 19.9. The van der Waals surface area contributed by atoms with Gasteiger partial charge < -0.3 is 28.4 Å². The molecule has 12 aromatic heterocycles. The molecule has 0 radical (unpaired) electrons. The fourth-order valence-electron chi connectivity index (χ4n) is 18.0. The Labute approximate surface area is 836 Å². The summed E-state index contributed by atoms with van der Waals surface area (Å²) in [5, 5.41) is 8.70. The summed E-state index contributed by atoms with van der Waals surface area (Å²) in [5.41, 5.74) is 24.5. The van der Waals surface area contributed by atoms with Crippen molar-refractivity contribution in [3.05, 3.63) is 418 Å². The van der Waals surface area contributed by atoms with E-state index in [9.17, 15) is 4.79 Å². The first kappa shape index (κ1) is 94.7. The van der Waals surface area contributed by atoms with Crippen molar-refractivity contribution in [2.24, 2.45) is 10.2 Å². The van der Waals surface area contributed by atoms with Crippen molar-refractivity contribution >= 4 is 133 Å². The molecule has 714 valence electrons. The first-order chi connectivity index (χ1) is 70.5. The minimum Gasteiger partial charge on any atom is -0.495 e. The summed E-state index contributed by atoms with van der Waals surface area (Å²) in [4.78, 5) is 80.3. The van der Waals surface area contributed by atoms with Gasteiger partial charge in [-0.2, -0.15) is 0 Å². The van der Waals surface area contributed by atoms with Crippen LogP contribution >= 0.6 is 0 Å². The summed E-state index contributed by atoms with van der Waals surface area (Å²) in [7, 11) is 6.62. The van der Waals surface area contributed by atoms with Gasteiger partial charge in [0.25, 0.3) is 0 Å². The maximum Gasteiger partial charge on any atom is 0.347 e. The predicted octanol–water partition coefficient (Wildman–Crippen LogP) is 27.4. The van der Waals surface area contributed by atoms with Gasteiger partial charge >= 0.3 is 5.97 Å². The minimum atomic E-state index is -0.464. The zero-order valence-electron chi connectivity index (χ0n) is 81.9. The van der Waals surface area contributed by atoms with Crippen molar-refractivity contribution < 1.29 is 33.2 Å². The number of carbonyl (C=O) groups excluding carboxylic acids is 1. The van der Waals surface area contributed by atoms with Crippen LogP contribution in [0.3, 0.4) is 0 Å². The van der Waals surface area contributed by atoms with E-state index >= 15 is 0 Å². The summed E-state index contributed by atoms with van der Waals surface area (Å²) in [5.74, 6) is 13.2. The van der Waals surface area contributed by atoms with E-state index in [1.54, 1.807) is 76.3 Å². The van der Waals surface area contributed by atoms with E-state index in [-0.39, 0.29) is 0 Å². The van der Waals surface area contributed by atoms with Crippen molar-refractivity contribution in [1.82, 2.24) is 59.8 Å². The van der Waals surface area contributed by atoms with Gasteiger partial charge in [0.05, 0.1) is 62.6 Å². The SMILES string of the molecule is COc1ccccc1N1c2ncc(C)cc2OC(=O)c2cccnc21.COc1ccccc1N1c2ncccc2C=Cc2cc(C)cnc21.COc1ccccc1N1c2ncccc2CCc2cc(C)cnc21.COc1ccccc1N1c2ncccc2N=Nc2cc(C)cnc21.Cc1cnc2c(c1)CCCc1cccnc1N2c1ccccc1C.Cc1cnc2c(c1)OCc1cccnc1N2c1ccccc1C. The molecule has 27 heteroatoms. The molecule has 6 aromatic carbocycles. The number of azo groups is 1. The van der Waals surface area contributed by atoms with Crippen LogP contribution < -0.4 is 57.8 Å². The molecule has 0 aliphatic carbocycles. The van der Waals surface area contributed by atoms with Crippen LogP contribution in [0.15, 0.2) is 339 Å². The van der Waals surface area contributed by atoms with E-state index in [0.717, 1.165) is 175 Å². The van der Waals surface area contributed by atoms with E-state index in [4.69, 9.17) is 48.4 Å². The van der Waals surface area contributed by atoms with Gasteiger partial charge in [0.15, 0.2) is 40.6 Å². The van der Waals surface area contributed by atoms with E-state index in [0.29, 0.717) is 58.3 Å². The molecule has 0 fully saturated rings. The van der Waals surface area contributed by atoms with E-state index in [1.807, 2.05) is 246 Å². The zero-order chi connectivity index (χ0) is 99.3. The smallest absolute Gasteiger partial charge is 0.347 e. The van der Waals surface area contributed by atoms with E-state index in [1.165, 1.54) is 44.5 Å². The van der Waals surface area contributed by atoms with Crippen LogP contribution in [0.2, 0.25) is 0 Å². The van der Waals surface area contributed by atoms with Gasteiger partial charge in [-0.15, -0.1) is 10.2 Å². The number of fused-ring (bicyclic) bond motifs is 12. The van der Waals surface area contributed by atoms with Gasteiger partial charge in [0.1, 0.15) is 87.3 Å². The number of hydrogen-bond acceptors (Lipinski definition) is 27. The standard InChI is InChI=1S/C21H21N3.C20H19N3O.C20H17N3O.C19H15N3O3.C19H17N3O.C18H15N5O/c1-15-13-18-9-5-8-17-10-6-12-22-20(17)24(21(18)23-14-15)19-11-4-3-7-16(19)2;2*1-14-12-16-10-9-15-6-5-11-21-19(15)23(20(16)22-13-14)17-7-3-4-8-18(17)24-2;1-12-10-16-18(21-11-12)22(14-7-3-4-8-15(14)24-2)17-13(19(23)25-16)6-5-9-20-17;1-13-10-17-19(21-11-13)22(16-8-4-3-6-14(16)2)18-15(12-23-17)7-5-9-20-18;1-12-10-14-18(20-11-12)23(15-7-3-4-8-16(15)24-2)17-13(21-22-14)6-5-9-19-17/h3-4,6-7,10-14H,5,8-9H2,1-2H3;3-8,11-13H,9-10H2,1-2H3;3-13H,1-2H3;3-11H,1-2H3;3-11H,12H2,1-2H3;3-11H,1-2H3. The first-order valence-corrected chi connectivity index (χ1v) is 47.3. The molecular formula is C117H104N20O7. The molecule has 0 saturated carbocycles. The van der Waals surface area contributed by atoms with Gasteiger partial charge in [-0.3, -0.25) is 29.4 Å². The summed E-state index contributed by atoms with van der Waals surface area (Å²) in [6, 6.07) is 83.7. The van der Waals surface area contributed by atoms with Crippen molar-refractivity contribution in [2.45, 2.75) is 94.1 Å². The van der Waals surface area contributed by atoms with Gasteiger partial charge in [-0.1, -0.05) is 127 Å². The Balaban J connectivity index is 0.000000109. The highest BCUT2D eigenvalue weighted by Gasteiger charge is 2.36. The number of aromatic nitrogens is 12. The number of esters is 1. The fraction of sp³-hybridized carbons (Fsp3) is 0.154. The van der Waals surface area contributed by atoms with Crippen molar-refractivity contribution in [3.63, 3.8) is 0 Å². The number of para-hydroxylation sites is 10. The van der Waals surface area contributed by atoms with Gasteiger partial charge in [-0.05, 0) is 294 Å². The summed E-state index contributed by atoms with van der Waals surface area (Å²) in [6.07, 6.45) is 31.1. The molecule has 27 nitrogen and oxygen atoms in total. The number of pyridine rings is 12. The average Bonchev–Trinajstić information content (AvgIpc) is 1.56. The lowest BCUT2D eigenvalue weighted by atomic mass is 9.99. The average molecular weight is 1900 g/mol. The number of aryl methyl sites for hydroxylation is 12. The number of carbonyl (C=O) groups is 1. The highest BCUT2D eigenvalue weighted by molar-refractivity contribution is 6.02. The molecular weight excluding hydrogens is 1800 g/mol. The molecule has 6 aliphatic rings. The predicted molar refractivity (Wildman–Crippen MR) is 566 cm³/mol. The molecule has 18 heterocycles. The molecule has 0 atom stereocenters. The van der Waals surface area contributed by atoms with Crippen LogP contribution in [0, 0.1) is 55.4 Å². The lowest BCUT2D eigenvalue weighted by Gasteiger charge is -2.30. The normalized spacial score (nSPS) is 12.8. The Kier molecular flexibility index (Phi) is 28.3. The third-order valence-corrected chi connectivity index (χ3v) is 24.7. The zero-order valence-corrected chi connectivity index (χ0v) is 81.9. The Morgan fingerprint density at radius 1 is 0.264 bits per heavy atom. The molecule has 0 amide bonds. The van der Waals surface area contributed by atoms with Crippen LogP contribution in [-0.2, 0) is 32.3 Å². The molecule has 0 spiro atoms. The van der Waals surface area contributed by atoms with Crippen LogP contribution in [-0.4, -0.2) is 94.2 Å². The molecule has 144 heavy (non-hydrogen) atoms. The summed E-state index contributed by atoms with van der Waals surface area (Å²) in [6.45, 7) is 16.9. The monoisotopic (exact) mass is 1900 g/mol. The Bertz CT molecular complexity index is 7620. The fourth-order valence-corrected chi connectivity index (χ4v) is 18.0. The maximum atomic E-state index is 12.6. The highest BCUT2D eigenvalue weighted by Crippen LogP contribution is 2.52.